The molecular weight excluding hydrogens is 273 g/mol. The van der Waals surface area contributed by atoms with Crippen LogP contribution in [0.25, 0.3) is 0 Å². The predicted molar refractivity (Wildman–Crippen MR) is 89.3 cm³/mol. The molecule has 0 spiro atoms. The summed E-state index contributed by atoms with van der Waals surface area (Å²) in [6, 6.07) is 10.6. The van der Waals surface area contributed by atoms with Gasteiger partial charge in [0.15, 0.2) is 0 Å². The van der Waals surface area contributed by atoms with Crippen LogP contribution < -0.4 is 0 Å². The number of piperidine rings is 1. The summed E-state index contributed by atoms with van der Waals surface area (Å²) < 4.78 is 4.53. The summed E-state index contributed by atoms with van der Waals surface area (Å²) in [6.45, 7) is 5.22. The van der Waals surface area contributed by atoms with Crippen molar-refractivity contribution in [3.63, 3.8) is 0 Å². The maximum absolute atomic E-state index is 11.9. The topological polar surface area (TPSA) is 29.5 Å². The molecule has 2 radical (unpaired) electrons. The number of hydrogen-bond acceptors (Lipinski definition) is 3. The molecular formula is C18H26BNO2. The van der Waals surface area contributed by atoms with E-state index in [1.165, 1.54) is 5.56 Å². The molecule has 118 valence electrons. The van der Waals surface area contributed by atoms with Gasteiger partial charge in [0.2, 0.25) is 0 Å². The van der Waals surface area contributed by atoms with Crippen LogP contribution in [0.15, 0.2) is 30.3 Å². The first-order valence-electron chi connectivity index (χ1n) is 8.41. The highest BCUT2D eigenvalue weighted by Crippen LogP contribution is 2.30. The molecule has 4 heteroatoms. The zero-order valence-electron chi connectivity index (χ0n) is 13.5. The number of carbonyl (C=O) groups excluding carboxylic acids is 1. The van der Waals surface area contributed by atoms with Gasteiger partial charge in [0.1, 0.15) is 0 Å². The van der Waals surface area contributed by atoms with Gasteiger partial charge in [-0.2, -0.15) is 0 Å². The van der Waals surface area contributed by atoms with Crippen LogP contribution in [0.5, 0.6) is 0 Å². The van der Waals surface area contributed by atoms with E-state index in [-0.39, 0.29) is 11.9 Å². The zero-order valence-corrected chi connectivity index (χ0v) is 13.5. The van der Waals surface area contributed by atoms with Gasteiger partial charge in [0.05, 0.1) is 5.92 Å². The van der Waals surface area contributed by atoms with Crippen LogP contribution in [0, 0.1) is 11.8 Å². The van der Waals surface area contributed by atoms with Crippen molar-refractivity contribution in [2.24, 2.45) is 11.8 Å². The number of hydrogen-bond donors (Lipinski definition) is 0. The minimum Gasteiger partial charge on any atom is -0.543 e. The Labute approximate surface area is 135 Å². The van der Waals surface area contributed by atoms with Crippen molar-refractivity contribution in [2.75, 3.05) is 13.1 Å². The standard InChI is InChI=1S/C18H26BNO2/c1-2-3-9-17(18(21)22-19)16-10-12-20(13-11-16)14-15-7-5-4-6-8-15/h4-8,16-17H,2-3,9-14H2,1H3. The molecule has 1 aliphatic heterocycles. The molecule has 2 rings (SSSR count). The summed E-state index contributed by atoms with van der Waals surface area (Å²) in [5.41, 5.74) is 1.35. The highest BCUT2D eigenvalue weighted by molar-refractivity contribution is 6.05. The van der Waals surface area contributed by atoms with Crippen molar-refractivity contribution in [2.45, 2.75) is 45.6 Å². The van der Waals surface area contributed by atoms with Crippen LogP contribution in [0.1, 0.15) is 44.6 Å². The monoisotopic (exact) mass is 299 g/mol. The van der Waals surface area contributed by atoms with Crippen molar-refractivity contribution in [1.82, 2.24) is 4.90 Å². The highest BCUT2D eigenvalue weighted by atomic mass is 16.5. The lowest BCUT2D eigenvalue weighted by molar-refractivity contribution is -0.141. The Balaban J connectivity index is 1.85. The van der Waals surface area contributed by atoms with Gasteiger partial charge in [0, 0.05) is 6.54 Å². The van der Waals surface area contributed by atoms with Gasteiger partial charge in [-0.15, -0.1) is 0 Å². The fourth-order valence-corrected chi connectivity index (χ4v) is 3.41. The van der Waals surface area contributed by atoms with E-state index in [1.54, 1.807) is 0 Å². The quantitative estimate of drug-likeness (QED) is 0.723. The zero-order chi connectivity index (χ0) is 15.8. The third-order valence-corrected chi connectivity index (χ3v) is 4.74. The minimum atomic E-state index is -0.227. The van der Waals surface area contributed by atoms with Crippen LogP contribution >= 0.6 is 0 Å². The van der Waals surface area contributed by atoms with Gasteiger partial charge in [0.25, 0.3) is 5.97 Å². The summed E-state index contributed by atoms with van der Waals surface area (Å²) in [4.78, 5) is 14.4. The number of likely N-dealkylation sites (tertiary alicyclic amines) is 1. The number of carbonyl (C=O) groups is 1. The number of nitrogens with zero attached hydrogens (tertiary/aromatic N) is 1. The van der Waals surface area contributed by atoms with Crippen molar-refractivity contribution in [3.8, 4) is 0 Å². The van der Waals surface area contributed by atoms with Gasteiger partial charge in [-0.05, 0) is 43.8 Å². The van der Waals surface area contributed by atoms with Crippen LogP contribution in [0.4, 0.5) is 0 Å². The average molecular weight is 299 g/mol. The lowest BCUT2D eigenvalue weighted by Crippen LogP contribution is -2.38. The Morgan fingerprint density at radius 3 is 2.59 bits per heavy atom. The minimum absolute atomic E-state index is 0.0242. The molecule has 1 saturated heterocycles. The Hall–Kier alpha value is -1.29. The van der Waals surface area contributed by atoms with Crippen molar-refractivity contribution >= 4 is 14.0 Å². The van der Waals surface area contributed by atoms with Crippen LogP contribution in [-0.4, -0.2) is 32.0 Å². The molecule has 0 amide bonds. The summed E-state index contributed by atoms with van der Waals surface area (Å²) in [5, 5.41) is 0. The van der Waals surface area contributed by atoms with E-state index in [1.807, 2.05) is 6.07 Å². The summed E-state index contributed by atoms with van der Waals surface area (Å²) in [7, 11) is 5.12. The molecule has 0 aliphatic carbocycles. The lowest BCUT2D eigenvalue weighted by Gasteiger charge is -2.35. The van der Waals surface area contributed by atoms with E-state index in [4.69, 9.17) is 8.05 Å². The molecule has 0 N–H and O–H groups in total. The summed E-state index contributed by atoms with van der Waals surface area (Å²) in [6.07, 6.45) is 5.16. The molecule has 1 aromatic rings. The van der Waals surface area contributed by atoms with Gasteiger partial charge in [-0.3, -0.25) is 9.69 Å². The van der Waals surface area contributed by atoms with Gasteiger partial charge >= 0.3 is 8.05 Å². The van der Waals surface area contributed by atoms with Crippen LogP contribution in [-0.2, 0) is 16.0 Å². The molecule has 0 bridgehead atoms. The number of rotatable bonds is 7. The largest absolute Gasteiger partial charge is 0.543 e. The second-order valence-corrected chi connectivity index (χ2v) is 6.28. The summed E-state index contributed by atoms with van der Waals surface area (Å²) >= 11 is 0. The Morgan fingerprint density at radius 2 is 2.00 bits per heavy atom. The smallest absolute Gasteiger partial charge is 0.378 e. The number of benzene rings is 1. The molecule has 1 aliphatic rings. The second-order valence-electron chi connectivity index (χ2n) is 6.28. The fourth-order valence-electron chi connectivity index (χ4n) is 3.41. The van der Waals surface area contributed by atoms with Crippen molar-refractivity contribution in [3.05, 3.63) is 35.9 Å². The van der Waals surface area contributed by atoms with Crippen LogP contribution in [0.2, 0.25) is 0 Å². The van der Waals surface area contributed by atoms with E-state index >= 15 is 0 Å². The van der Waals surface area contributed by atoms with Gasteiger partial charge in [-0.1, -0.05) is 50.1 Å². The third-order valence-electron chi connectivity index (χ3n) is 4.74. The first kappa shape index (κ1) is 17.1. The van der Waals surface area contributed by atoms with Crippen molar-refractivity contribution < 1.29 is 9.45 Å². The van der Waals surface area contributed by atoms with Gasteiger partial charge < -0.3 is 4.65 Å². The normalized spacial score (nSPS) is 18.0. The predicted octanol–water partition coefficient (Wildman–Crippen LogP) is 3.33. The third kappa shape index (κ3) is 4.87. The second kappa shape index (κ2) is 8.99. The lowest BCUT2D eigenvalue weighted by atomic mass is 9.81. The first-order valence-corrected chi connectivity index (χ1v) is 8.41. The molecule has 22 heavy (non-hydrogen) atoms. The van der Waals surface area contributed by atoms with E-state index in [0.29, 0.717) is 5.92 Å². The molecule has 1 atom stereocenters. The maximum Gasteiger partial charge on any atom is 0.378 e. The van der Waals surface area contributed by atoms with E-state index in [0.717, 1.165) is 51.7 Å². The highest BCUT2D eigenvalue weighted by Gasteiger charge is 2.31. The summed E-state index contributed by atoms with van der Waals surface area (Å²) in [5.74, 6) is 0.161. The van der Waals surface area contributed by atoms with E-state index in [9.17, 15) is 4.79 Å². The van der Waals surface area contributed by atoms with E-state index in [2.05, 4.69) is 40.7 Å². The molecule has 1 unspecified atom stereocenters. The Morgan fingerprint density at radius 1 is 1.32 bits per heavy atom. The number of unbranched alkanes of at least 4 members (excludes halogenated alkanes) is 1. The molecule has 1 fully saturated rings. The molecule has 0 saturated carbocycles. The average Bonchev–Trinajstić information content (AvgIpc) is 2.57. The Kier molecular flexibility index (Phi) is 6.98. The maximum atomic E-state index is 11.9. The van der Waals surface area contributed by atoms with Gasteiger partial charge in [-0.25, -0.2) is 0 Å². The molecule has 0 aromatic heterocycles. The molecule has 3 nitrogen and oxygen atoms in total. The molecule has 1 heterocycles. The first-order chi connectivity index (χ1) is 10.7. The fraction of sp³-hybridized carbons (Fsp3) is 0.611. The van der Waals surface area contributed by atoms with Crippen molar-refractivity contribution in [1.29, 1.82) is 0 Å². The SMILES string of the molecule is [B]OC(=O)C(CCCC)C1CCN(Cc2ccccc2)CC1. The Bertz CT molecular complexity index is 444. The van der Waals surface area contributed by atoms with Crippen LogP contribution in [0.3, 0.4) is 0 Å². The van der Waals surface area contributed by atoms with E-state index < -0.39 is 0 Å². The molecule has 1 aromatic carbocycles.